The molecule has 0 aliphatic rings. The molecule has 6 nitrogen and oxygen atoms in total. The molecule has 0 bridgehead atoms. The predicted octanol–water partition coefficient (Wildman–Crippen LogP) is 4.31. The van der Waals surface area contributed by atoms with E-state index in [0.29, 0.717) is 0 Å². The summed E-state index contributed by atoms with van der Waals surface area (Å²) >= 11 is 0. The first-order valence-corrected chi connectivity index (χ1v) is 8.23. The fourth-order valence-electron chi connectivity index (χ4n) is 2.99. The van der Waals surface area contributed by atoms with Crippen LogP contribution >= 0.6 is 0 Å². The minimum Gasteiger partial charge on any atom is -0.340 e. The second-order valence-corrected chi connectivity index (χ2v) is 5.96. The maximum absolute atomic E-state index is 4.83. The third-order valence-electron chi connectivity index (χ3n) is 4.28. The van der Waals surface area contributed by atoms with Gasteiger partial charge in [-0.3, -0.25) is 15.1 Å². The number of nitrogens with one attached hydrogen (secondary N) is 2. The van der Waals surface area contributed by atoms with Gasteiger partial charge in [0.15, 0.2) is 0 Å². The van der Waals surface area contributed by atoms with Gasteiger partial charge in [0.1, 0.15) is 5.82 Å². The second kappa shape index (κ2) is 5.93. The average molecular weight is 338 g/mol. The minimum atomic E-state index is 0.765. The molecule has 1 aromatic carbocycles. The maximum atomic E-state index is 4.83. The molecule has 4 heterocycles. The highest BCUT2D eigenvalue weighted by molar-refractivity contribution is 5.94. The maximum Gasteiger partial charge on any atom is 0.140 e. The first kappa shape index (κ1) is 14.5. The Kier molecular flexibility index (Phi) is 3.31. The molecule has 0 saturated carbocycles. The van der Waals surface area contributed by atoms with Crippen LogP contribution in [0.2, 0.25) is 0 Å². The Labute approximate surface area is 149 Å². The number of aromatic nitrogens is 5. The molecule has 0 saturated heterocycles. The molecule has 26 heavy (non-hydrogen) atoms. The number of fused-ring (bicyclic) bond motifs is 2. The molecule has 6 heteroatoms. The van der Waals surface area contributed by atoms with Crippen molar-refractivity contribution < 1.29 is 0 Å². The number of hydrogen-bond donors (Lipinski definition) is 2. The molecule has 5 aromatic rings. The molecule has 2 N–H and O–H groups in total. The molecule has 0 spiro atoms. The SMILES string of the molecule is c1cnc2cc(-c3ccncc3)nc(Nc3ccc4cn[nH]c4c3)c2c1. The summed E-state index contributed by atoms with van der Waals surface area (Å²) in [6, 6.07) is 15.9. The Morgan fingerprint density at radius 2 is 1.85 bits per heavy atom. The van der Waals surface area contributed by atoms with Crippen LogP contribution in [0.5, 0.6) is 0 Å². The van der Waals surface area contributed by atoms with Crippen molar-refractivity contribution in [2.45, 2.75) is 0 Å². The van der Waals surface area contributed by atoms with Crippen molar-refractivity contribution >= 4 is 33.3 Å². The summed E-state index contributed by atoms with van der Waals surface area (Å²) in [5, 5.41) is 12.5. The van der Waals surface area contributed by atoms with E-state index in [2.05, 4.69) is 25.5 Å². The summed E-state index contributed by atoms with van der Waals surface area (Å²) < 4.78 is 0. The summed E-state index contributed by atoms with van der Waals surface area (Å²) in [5.41, 5.74) is 4.65. The van der Waals surface area contributed by atoms with Gasteiger partial charge in [-0.1, -0.05) is 0 Å². The Bertz CT molecular complexity index is 1210. The van der Waals surface area contributed by atoms with Gasteiger partial charge in [-0.2, -0.15) is 5.10 Å². The Morgan fingerprint density at radius 1 is 0.923 bits per heavy atom. The van der Waals surface area contributed by atoms with Crippen LogP contribution in [0.25, 0.3) is 33.1 Å². The number of nitrogens with zero attached hydrogens (tertiary/aromatic N) is 4. The van der Waals surface area contributed by atoms with Gasteiger partial charge in [0, 0.05) is 40.6 Å². The quantitative estimate of drug-likeness (QED) is 0.512. The number of anilines is 2. The normalized spacial score (nSPS) is 11.1. The number of benzene rings is 1. The highest BCUT2D eigenvalue weighted by Gasteiger charge is 2.09. The van der Waals surface area contributed by atoms with Crippen molar-refractivity contribution in [1.29, 1.82) is 0 Å². The van der Waals surface area contributed by atoms with Crippen LogP contribution in [0.4, 0.5) is 11.5 Å². The highest BCUT2D eigenvalue weighted by Crippen LogP contribution is 2.29. The zero-order valence-electron chi connectivity index (χ0n) is 13.7. The predicted molar refractivity (Wildman–Crippen MR) is 102 cm³/mol. The fourth-order valence-corrected chi connectivity index (χ4v) is 2.99. The van der Waals surface area contributed by atoms with Gasteiger partial charge in [0.05, 0.1) is 22.9 Å². The van der Waals surface area contributed by atoms with Gasteiger partial charge in [-0.15, -0.1) is 0 Å². The molecule has 0 unspecified atom stereocenters. The first-order chi connectivity index (χ1) is 12.9. The molecule has 0 radical (unpaired) electrons. The van der Waals surface area contributed by atoms with Gasteiger partial charge in [0.25, 0.3) is 0 Å². The van der Waals surface area contributed by atoms with E-state index in [4.69, 9.17) is 4.98 Å². The monoisotopic (exact) mass is 338 g/mol. The number of hydrogen-bond acceptors (Lipinski definition) is 5. The van der Waals surface area contributed by atoms with Crippen molar-refractivity contribution in [2.75, 3.05) is 5.32 Å². The number of rotatable bonds is 3. The number of pyridine rings is 3. The summed E-state index contributed by atoms with van der Waals surface area (Å²) in [4.78, 5) is 13.4. The average Bonchev–Trinajstić information content (AvgIpc) is 3.16. The highest BCUT2D eigenvalue weighted by atomic mass is 15.1. The van der Waals surface area contributed by atoms with E-state index in [9.17, 15) is 0 Å². The number of H-pyrrole nitrogens is 1. The van der Waals surface area contributed by atoms with E-state index < -0.39 is 0 Å². The third-order valence-corrected chi connectivity index (χ3v) is 4.28. The van der Waals surface area contributed by atoms with E-state index in [1.165, 1.54) is 0 Å². The lowest BCUT2D eigenvalue weighted by molar-refractivity contribution is 1.12. The first-order valence-electron chi connectivity index (χ1n) is 8.23. The lowest BCUT2D eigenvalue weighted by atomic mass is 10.1. The van der Waals surface area contributed by atoms with Gasteiger partial charge in [-0.05, 0) is 48.5 Å². The largest absolute Gasteiger partial charge is 0.340 e. The van der Waals surface area contributed by atoms with E-state index in [1.54, 1.807) is 24.8 Å². The lowest BCUT2D eigenvalue weighted by Gasteiger charge is -2.11. The molecular formula is C20H14N6. The lowest BCUT2D eigenvalue weighted by Crippen LogP contribution is -1.97. The summed E-state index contributed by atoms with van der Waals surface area (Å²) in [7, 11) is 0. The van der Waals surface area contributed by atoms with Crippen LogP contribution in [0.15, 0.2) is 73.3 Å². The zero-order valence-corrected chi connectivity index (χ0v) is 13.7. The van der Waals surface area contributed by atoms with Crippen molar-refractivity contribution in [2.24, 2.45) is 0 Å². The van der Waals surface area contributed by atoms with Crippen molar-refractivity contribution in [3.8, 4) is 11.3 Å². The van der Waals surface area contributed by atoms with Crippen LogP contribution in [0.3, 0.4) is 0 Å². The van der Waals surface area contributed by atoms with Crippen LogP contribution in [0, 0.1) is 0 Å². The number of aromatic amines is 1. The van der Waals surface area contributed by atoms with Crippen LogP contribution in [0.1, 0.15) is 0 Å². The summed E-state index contributed by atoms with van der Waals surface area (Å²) in [6.07, 6.45) is 7.12. The Hall–Kier alpha value is -3.80. The van der Waals surface area contributed by atoms with Gasteiger partial charge in [-0.25, -0.2) is 4.98 Å². The summed E-state index contributed by atoms with van der Waals surface area (Å²) in [6.45, 7) is 0. The molecule has 0 aliphatic carbocycles. The molecule has 4 aromatic heterocycles. The molecule has 124 valence electrons. The smallest absolute Gasteiger partial charge is 0.140 e. The zero-order chi connectivity index (χ0) is 17.3. The topological polar surface area (TPSA) is 79.4 Å². The van der Waals surface area contributed by atoms with Gasteiger partial charge in [0.2, 0.25) is 0 Å². The Morgan fingerprint density at radius 3 is 2.77 bits per heavy atom. The van der Waals surface area contributed by atoms with Crippen LogP contribution in [-0.4, -0.2) is 25.1 Å². The van der Waals surface area contributed by atoms with Crippen molar-refractivity contribution in [1.82, 2.24) is 25.1 Å². The Balaban J connectivity index is 1.65. The van der Waals surface area contributed by atoms with E-state index in [0.717, 1.165) is 44.6 Å². The standard InChI is InChI=1S/C20H14N6/c1-2-16-19(22-7-1)11-17(13-5-8-21-9-6-13)25-20(16)24-15-4-3-14-12-23-26-18(14)10-15/h1-12H,(H,23,26)(H,24,25). The third kappa shape index (κ3) is 2.53. The molecule has 0 atom stereocenters. The van der Waals surface area contributed by atoms with Crippen molar-refractivity contribution in [3.63, 3.8) is 0 Å². The molecule has 0 aliphatic heterocycles. The summed E-state index contributed by atoms with van der Waals surface area (Å²) in [5.74, 6) is 0.765. The molecular weight excluding hydrogens is 324 g/mol. The van der Waals surface area contributed by atoms with Gasteiger partial charge < -0.3 is 5.32 Å². The molecule has 0 amide bonds. The van der Waals surface area contributed by atoms with E-state index in [1.807, 2.05) is 48.5 Å². The molecule has 0 fully saturated rings. The fraction of sp³-hybridized carbons (Fsp3) is 0. The second-order valence-electron chi connectivity index (χ2n) is 5.96. The van der Waals surface area contributed by atoms with Gasteiger partial charge >= 0.3 is 0 Å². The van der Waals surface area contributed by atoms with E-state index >= 15 is 0 Å². The van der Waals surface area contributed by atoms with Crippen LogP contribution < -0.4 is 5.32 Å². The minimum absolute atomic E-state index is 0.765. The van der Waals surface area contributed by atoms with E-state index in [-0.39, 0.29) is 0 Å². The molecule has 5 rings (SSSR count). The van der Waals surface area contributed by atoms with Crippen LogP contribution in [-0.2, 0) is 0 Å². The van der Waals surface area contributed by atoms with Crippen molar-refractivity contribution in [3.05, 3.63) is 73.3 Å².